The van der Waals surface area contributed by atoms with Crippen molar-refractivity contribution in [2.24, 2.45) is 0 Å². The zero-order valence-electron chi connectivity index (χ0n) is 13.0. The molecule has 3 rings (SSSR count). The fourth-order valence-electron chi connectivity index (χ4n) is 1.99. The van der Waals surface area contributed by atoms with Crippen LogP contribution in [-0.4, -0.2) is 48.7 Å². The summed E-state index contributed by atoms with van der Waals surface area (Å²) in [4.78, 5) is 27.9. The van der Waals surface area contributed by atoms with Gasteiger partial charge in [0.2, 0.25) is 0 Å². The molecule has 3 aromatic rings. The molecule has 0 spiro atoms. The van der Waals surface area contributed by atoms with E-state index in [2.05, 4.69) is 35.7 Å². The van der Waals surface area contributed by atoms with Crippen LogP contribution < -0.4 is 10.6 Å². The van der Waals surface area contributed by atoms with Gasteiger partial charge < -0.3 is 10.6 Å². The molecule has 0 aliphatic heterocycles. The maximum atomic E-state index is 11.8. The molecule has 2 N–H and O–H groups in total. The summed E-state index contributed by atoms with van der Waals surface area (Å²) in [6.07, 6.45) is 7.72. The maximum absolute atomic E-state index is 11.8. The van der Waals surface area contributed by atoms with Gasteiger partial charge in [0.05, 0.1) is 11.9 Å². The Morgan fingerprint density at radius 2 is 2.12 bits per heavy atom. The van der Waals surface area contributed by atoms with Crippen molar-refractivity contribution in [2.75, 3.05) is 18.4 Å². The first-order valence-corrected chi connectivity index (χ1v) is 7.35. The number of nitrogens with one attached hydrogen (secondary N) is 2. The fraction of sp³-hybridized carbons (Fsp3) is 0.200. The van der Waals surface area contributed by atoms with Crippen molar-refractivity contribution in [3.8, 4) is 5.82 Å². The number of nitrogens with zero attached hydrogens (tertiary/aromatic N) is 6. The molecule has 24 heavy (non-hydrogen) atoms. The molecule has 0 aliphatic rings. The molecule has 0 fully saturated rings. The first kappa shape index (κ1) is 15.5. The molecule has 0 saturated heterocycles. The van der Waals surface area contributed by atoms with Gasteiger partial charge in [0.1, 0.15) is 17.8 Å². The van der Waals surface area contributed by atoms with E-state index in [1.54, 1.807) is 10.7 Å². The van der Waals surface area contributed by atoms with E-state index in [1.165, 1.54) is 24.9 Å². The van der Waals surface area contributed by atoms with Crippen molar-refractivity contribution in [3.63, 3.8) is 0 Å². The summed E-state index contributed by atoms with van der Waals surface area (Å²) >= 11 is 0. The third-order valence-corrected chi connectivity index (χ3v) is 3.12. The monoisotopic (exact) mass is 324 g/mol. The summed E-state index contributed by atoms with van der Waals surface area (Å²) in [7, 11) is 0. The van der Waals surface area contributed by atoms with E-state index < -0.39 is 0 Å². The molecule has 0 bridgehead atoms. The quantitative estimate of drug-likeness (QED) is 0.639. The van der Waals surface area contributed by atoms with Crippen LogP contribution in [0.15, 0.2) is 43.2 Å². The minimum Gasteiger partial charge on any atom is -0.368 e. The van der Waals surface area contributed by atoms with Crippen LogP contribution >= 0.6 is 0 Å². The van der Waals surface area contributed by atoms with Crippen LogP contribution in [0.3, 0.4) is 0 Å². The van der Waals surface area contributed by atoms with Gasteiger partial charge in [-0.05, 0) is 13.0 Å². The Bertz CT molecular complexity index is 817. The summed E-state index contributed by atoms with van der Waals surface area (Å²) < 4.78 is 1.68. The molecular formula is C15H16N8O. The van der Waals surface area contributed by atoms with Crippen molar-refractivity contribution in [1.29, 1.82) is 0 Å². The summed E-state index contributed by atoms with van der Waals surface area (Å²) in [5.41, 5.74) is 1.20. The lowest BCUT2D eigenvalue weighted by Gasteiger charge is -2.08. The molecule has 9 heteroatoms. The largest absolute Gasteiger partial charge is 0.368 e. The molecule has 0 radical (unpaired) electrons. The van der Waals surface area contributed by atoms with Gasteiger partial charge in [0, 0.05) is 37.7 Å². The van der Waals surface area contributed by atoms with E-state index >= 15 is 0 Å². The lowest BCUT2D eigenvalue weighted by Crippen LogP contribution is -2.29. The van der Waals surface area contributed by atoms with Gasteiger partial charge in [0.25, 0.3) is 5.91 Å². The second-order valence-electron chi connectivity index (χ2n) is 4.94. The van der Waals surface area contributed by atoms with Gasteiger partial charge in [-0.2, -0.15) is 5.10 Å². The predicted octanol–water partition coefficient (Wildman–Crippen LogP) is 0.603. The molecule has 3 aromatic heterocycles. The van der Waals surface area contributed by atoms with E-state index in [0.29, 0.717) is 24.7 Å². The summed E-state index contributed by atoms with van der Waals surface area (Å²) in [6.45, 7) is 2.85. The second kappa shape index (κ2) is 7.27. The number of carbonyl (C=O) groups is 1. The molecule has 0 aromatic carbocycles. The van der Waals surface area contributed by atoms with Crippen LogP contribution in [0, 0.1) is 6.92 Å². The first-order valence-electron chi connectivity index (χ1n) is 7.35. The lowest BCUT2D eigenvalue weighted by molar-refractivity contribution is 0.0950. The average Bonchev–Trinajstić information content (AvgIpc) is 3.06. The average molecular weight is 324 g/mol. The molecule has 122 valence electrons. The van der Waals surface area contributed by atoms with Gasteiger partial charge in [-0.15, -0.1) is 0 Å². The van der Waals surface area contributed by atoms with Crippen LogP contribution in [-0.2, 0) is 0 Å². The van der Waals surface area contributed by atoms with E-state index in [1.807, 2.05) is 19.2 Å². The molecule has 0 saturated carbocycles. The number of hydrogen-bond donors (Lipinski definition) is 2. The number of rotatable bonds is 6. The molecule has 1 amide bonds. The van der Waals surface area contributed by atoms with Crippen LogP contribution in [0.5, 0.6) is 0 Å². The Balaban J connectivity index is 1.51. The van der Waals surface area contributed by atoms with Crippen molar-refractivity contribution in [1.82, 2.24) is 35.0 Å². The zero-order valence-corrected chi connectivity index (χ0v) is 13.0. The minimum absolute atomic E-state index is 0.264. The Kier molecular flexibility index (Phi) is 4.70. The molecule has 9 nitrogen and oxygen atoms in total. The van der Waals surface area contributed by atoms with Gasteiger partial charge in [0.15, 0.2) is 5.82 Å². The van der Waals surface area contributed by atoms with Crippen molar-refractivity contribution >= 4 is 11.7 Å². The molecule has 0 unspecified atom stereocenters. The van der Waals surface area contributed by atoms with Gasteiger partial charge in [-0.25, -0.2) is 19.6 Å². The lowest BCUT2D eigenvalue weighted by atomic mass is 10.4. The number of anilines is 1. The summed E-state index contributed by atoms with van der Waals surface area (Å²) in [6, 6.07) is 3.69. The van der Waals surface area contributed by atoms with Crippen LogP contribution in [0.4, 0.5) is 5.82 Å². The van der Waals surface area contributed by atoms with E-state index in [-0.39, 0.29) is 11.6 Å². The van der Waals surface area contributed by atoms with Gasteiger partial charge in [-0.1, -0.05) is 0 Å². The second-order valence-corrected chi connectivity index (χ2v) is 4.94. The summed E-state index contributed by atoms with van der Waals surface area (Å²) in [5.74, 6) is 1.06. The van der Waals surface area contributed by atoms with Crippen LogP contribution in [0.1, 0.15) is 16.2 Å². The van der Waals surface area contributed by atoms with Gasteiger partial charge >= 0.3 is 0 Å². The van der Waals surface area contributed by atoms with Crippen molar-refractivity contribution < 1.29 is 4.79 Å². The SMILES string of the molecule is Cc1ccn(-c2cc(NCCNC(=O)c3cnccn3)ncn2)n1. The number of carbonyl (C=O) groups excluding carboxylic acids is 1. The smallest absolute Gasteiger partial charge is 0.271 e. The Morgan fingerprint density at radius 3 is 2.88 bits per heavy atom. The standard InChI is InChI=1S/C15H16N8O/c1-11-2-7-23(22-11)14-8-13(20-10-21-14)18-5-6-19-15(24)12-9-16-3-4-17-12/h2-4,7-10H,5-6H2,1H3,(H,19,24)(H,18,20,21). The number of aryl methyl sites for hydroxylation is 1. The van der Waals surface area contributed by atoms with Crippen LogP contribution in [0.25, 0.3) is 5.82 Å². The highest BCUT2D eigenvalue weighted by Gasteiger charge is 2.06. The highest BCUT2D eigenvalue weighted by atomic mass is 16.1. The number of aromatic nitrogens is 6. The predicted molar refractivity (Wildman–Crippen MR) is 86.7 cm³/mol. The third kappa shape index (κ3) is 3.88. The third-order valence-electron chi connectivity index (χ3n) is 3.12. The molecule has 3 heterocycles. The summed E-state index contributed by atoms with van der Waals surface area (Å²) in [5, 5.41) is 10.2. The Labute approximate surface area is 138 Å². The Hall–Kier alpha value is -3.36. The minimum atomic E-state index is -0.264. The van der Waals surface area contributed by atoms with Gasteiger partial charge in [-0.3, -0.25) is 9.78 Å². The fourth-order valence-corrected chi connectivity index (χ4v) is 1.99. The van der Waals surface area contributed by atoms with Crippen molar-refractivity contribution in [3.05, 3.63) is 54.6 Å². The van der Waals surface area contributed by atoms with E-state index in [0.717, 1.165) is 5.69 Å². The first-order chi connectivity index (χ1) is 11.7. The zero-order chi connectivity index (χ0) is 16.8. The van der Waals surface area contributed by atoms with Crippen molar-refractivity contribution in [2.45, 2.75) is 6.92 Å². The number of hydrogen-bond acceptors (Lipinski definition) is 7. The van der Waals surface area contributed by atoms with Crippen LogP contribution in [0.2, 0.25) is 0 Å². The Morgan fingerprint density at radius 1 is 1.21 bits per heavy atom. The highest BCUT2D eigenvalue weighted by molar-refractivity contribution is 5.91. The molecule has 0 atom stereocenters. The topological polar surface area (TPSA) is 111 Å². The van der Waals surface area contributed by atoms with E-state index in [9.17, 15) is 4.79 Å². The maximum Gasteiger partial charge on any atom is 0.271 e. The normalized spacial score (nSPS) is 10.4. The van der Waals surface area contributed by atoms with E-state index in [4.69, 9.17) is 0 Å². The molecular weight excluding hydrogens is 308 g/mol. The highest BCUT2D eigenvalue weighted by Crippen LogP contribution is 2.08. The molecule has 0 aliphatic carbocycles. The number of amides is 1.